The highest BCUT2D eigenvalue weighted by Crippen LogP contribution is 2.07. The molecule has 0 aliphatic carbocycles. The summed E-state index contributed by atoms with van der Waals surface area (Å²) in [7, 11) is 0. The smallest absolute Gasteiger partial charge is 0.333 e. The maximum Gasteiger partial charge on any atom is 0.333 e. The lowest BCUT2D eigenvalue weighted by Gasteiger charge is -2.08. The van der Waals surface area contributed by atoms with Crippen molar-refractivity contribution in [3.05, 3.63) is 24.3 Å². The molecule has 0 bridgehead atoms. The highest BCUT2D eigenvalue weighted by atomic mass is 32.1. The SMILES string of the molecule is C=C(CCCS)C(=O)OCCOC(=O)C(=C)CCCS. The lowest BCUT2D eigenvalue weighted by molar-refractivity contribution is -0.147. The van der Waals surface area contributed by atoms with Crippen molar-refractivity contribution in [1.82, 2.24) is 0 Å². The van der Waals surface area contributed by atoms with Gasteiger partial charge in [-0.3, -0.25) is 0 Å². The van der Waals surface area contributed by atoms with Crippen LogP contribution in [0.15, 0.2) is 24.3 Å². The van der Waals surface area contributed by atoms with Gasteiger partial charge in [-0.2, -0.15) is 25.3 Å². The molecular weight excluding hydrogens is 296 g/mol. The van der Waals surface area contributed by atoms with Gasteiger partial charge in [0.15, 0.2) is 0 Å². The average Bonchev–Trinajstić information content (AvgIpc) is 2.45. The van der Waals surface area contributed by atoms with Crippen molar-refractivity contribution in [3.8, 4) is 0 Å². The minimum Gasteiger partial charge on any atom is -0.459 e. The fourth-order valence-electron chi connectivity index (χ4n) is 1.26. The molecule has 0 amide bonds. The van der Waals surface area contributed by atoms with Gasteiger partial charge in [-0.1, -0.05) is 13.2 Å². The number of hydrogen-bond acceptors (Lipinski definition) is 6. The van der Waals surface area contributed by atoms with E-state index in [1.807, 2.05) is 0 Å². The van der Waals surface area contributed by atoms with Crippen LogP contribution in [-0.4, -0.2) is 36.7 Å². The zero-order valence-electron chi connectivity index (χ0n) is 11.6. The Bertz CT molecular complexity index is 319. The van der Waals surface area contributed by atoms with E-state index in [2.05, 4.69) is 38.4 Å². The highest BCUT2D eigenvalue weighted by Gasteiger charge is 2.10. The van der Waals surface area contributed by atoms with Crippen molar-refractivity contribution in [2.75, 3.05) is 24.7 Å². The highest BCUT2D eigenvalue weighted by molar-refractivity contribution is 7.80. The van der Waals surface area contributed by atoms with Crippen LogP contribution in [0.1, 0.15) is 25.7 Å². The monoisotopic (exact) mass is 318 g/mol. The summed E-state index contributed by atoms with van der Waals surface area (Å²) in [5.74, 6) is 0.463. The quantitative estimate of drug-likeness (QED) is 0.266. The second-order valence-electron chi connectivity index (χ2n) is 4.13. The summed E-state index contributed by atoms with van der Waals surface area (Å²) in [6.07, 6.45) is 2.67. The molecule has 0 aliphatic heterocycles. The summed E-state index contributed by atoms with van der Waals surface area (Å²) in [5, 5.41) is 0. The summed E-state index contributed by atoms with van der Waals surface area (Å²) in [4.78, 5) is 22.9. The van der Waals surface area contributed by atoms with E-state index < -0.39 is 11.9 Å². The molecule has 0 aromatic carbocycles. The van der Waals surface area contributed by atoms with Gasteiger partial charge in [-0.15, -0.1) is 0 Å². The molecule has 0 aliphatic rings. The summed E-state index contributed by atoms with van der Waals surface area (Å²) < 4.78 is 9.86. The Morgan fingerprint density at radius 3 is 1.45 bits per heavy atom. The first-order chi connectivity index (χ1) is 9.52. The third kappa shape index (κ3) is 9.09. The molecular formula is C14H22O4S2. The van der Waals surface area contributed by atoms with Crippen molar-refractivity contribution in [2.24, 2.45) is 0 Å². The maximum atomic E-state index is 11.5. The van der Waals surface area contributed by atoms with Gasteiger partial charge in [-0.25, -0.2) is 9.59 Å². The number of carbonyl (C=O) groups excluding carboxylic acids is 2. The molecule has 0 saturated heterocycles. The Kier molecular flexibility index (Phi) is 11.4. The van der Waals surface area contributed by atoms with Crippen molar-refractivity contribution in [3.63, 3.8) is 0 Å². The number of ether oxygens (including phenoxy) is 2. The summed E-state index contributed by atoms with van der Waals surface area (Å²) in [6.45, 7) is 7.30. The van der Waals surface area contributed by atoms with E-state index in [1.54, 1.807) is 0 Å². The molecule has 0 spiro atoms. The molecule has 6 heteroatoms. The van der Waals surface area contributed by atoms with E-state index in [4.69, 9.17) is 9.47 Å². The Morgan fingerprint density at radius 2 is 1.15 bits per heavy atom. The van der Waals surface area contributed by atoms with Gasteiger partial charge in [0, 0.05) is 11.1 Å². The Hall–Kier alpha value is -0.880. The third-order valence-corrected chi connectivity index (χ3v) is 3.03. The first-order valence-corrected chi connectivity index (χ1v) is 7.71. The van der Waals surface area contributed by atoms with Crippen LogP contribution in [-0.2, 0) is 19.1 Å². The van der Waals surface area contributed by atoms with Gasteiger partial charge in [0.05, 0.1) is 0 Å². The molecule has 20 heavy (non-hydrogen) atoms. The zero-order chi connectivity index (χ0) is 15.4. The predicted molar refractivity (Wildman–Crippen MR) is 86.4 cm³/mol. The van der Waals surface area contributed by atoms with Crippen LogP contribution in [0.5, 0.6) is 0 Å². The van der Waals surface area contributed by atoms with E-state index in [9.17, 15) is 9.59 Å². The molecule has 0 aromatic heterocycles. The molecule has 0 unspecified atom stereocenters. The summed E-state index contributed by atoms with van der Waals surface area (Å²) >= 11 is 8.10. The maximum absolute atomic E-state index is 11.5. The van der Waals surface area contributed by atoms with Crippen molar-refractivity contribution in [1.29, 1.82) is 0 Å². The molecule has 0 fully saturated rings. The van der Waals surface area contributed by atoms with E-state index in [1.165, 1.54) is 0 Å². The molecule has 0 heterocycles. The molecule has 0 saturated carbocycles. The van der Waals surface area contributed by atoms with Gasteiger partial charge in [-0.05, 0) is 37.2 Å². The van der Waals surface area contributed by atoms with Crippen molar-refractivity contribution >= 4 is 37.2 Å². The van der Waals surface area contributed by atoms with Crippen LogP contribution >= 0.6 is 25.3 Å². The Morgan fingerprint density at radius 1 is 0.800 bits per heavy atom. The Balaban J connectivity index is 3.74. The zero-order valence-corrected chi connectivity index (χ0v) is 13.4. The van der Waals surface area contributed by atoms with Crippen molar-refractivity contribution in [2.45, 2.75) is 25.7 Å². The first-order valence-electron chi connectivity index (χ1n) is 6.44. The fraction of sp³-hybridized carbons (Fsp3) is 0.571. The summed E-state index contributed by atoms with van der Waals surface area (Å²) in [5.41, 5.74) is 0.812. The minimum atomic E-state index is -0.461. The molecule has 4 nitrogen and oxygen atoms in total. The normalized spacial score (nSPS) is 9.90. The van der Waals surface area contributed by atoms with Gasteiger partial charge >= 0.3 is 11.9 Å². The molecule has 0 atom stereocenters. The lowest BCUT2D eigenvalue weighted by atomic mass is 10.2. The minimum absolute atomic E-state index is 0.0182. The van der Waals surface area contributed by atoms with E-state index >= 15 is 0 Å². The van der Waals surface area contributed by atoms with Gasteiger partial charge in [0.2, 0.25) is 0 Å². The summed E-state index contributed by atoms with van der Waals surface area (Å²) in [6, 6.07) is 0. The predicted octanol–water partition coefficient (Wildman–Crippen LogP) is 2.61. The van der Waals surface area contributed by atoms with Gasteiger partial charge < -0.3 is 9.47 Å². The lowest BCUT2D eigenvalue weighted by Crippen LogP contribution is -2.15. The molecule has 0 N–H and O–H groups in total. The van der Waals surface area contributed by atoms with E-state index in [-0.39, 0.29) is 13.2 Å². The standard InChI is InChI=1S/C14H22O4S2/c1-11(5-3-9-19)13(15)17-7-8-18-14(16)12(2)6-4-10-20/h19-20H,1-10H2. The van der Waals surface area contributed by atoms with Gasteiger partial charge in [0.1, 0.15) is 13.2 Å². The van der Waals surface area contributed by atoms with Crippen LogP contribution in [0, 0.1) is 0 Å². The molecule has 114 valence electrons. The number of hydrogen-bond donors (Lipinski definition) is 2. The van der Waals surface area contributed by atoms with Crippen LogP contribution in [0.25, 0.3) is 0 Å². The number of thiol groups is 2. The van der Waals surface area contributed by atoms with E-state index in [0.717, 1.165) is 12.8 Å². The van der Waals surface area contributed by atoms with E-state index in [0.29, 0.717) is 35.5 Å². The topological polar surface area (TPSA) is 52.6 Å². The molecule has 0 rings (SSSR count). The van der Waals surface area contributed by atoms with Crippen LogP contribution in [0.4, 0.5) is 0 Å². The largest absolute Gasteiger partial charge is 0.459 e. The average molecular weight is 318 g/mol. The number of esters is 2. The first kappa shape index (κ1) is 19.1. The fourth-order valence-corrected chi connectivity index (χ4v) is 1.58. The van der Waals surface area contributed by atoms with Crippen molar-refractivity contribution < 1.29 is 19.1 Å². The Labute approximate surface area is 131 Å². The molecule has 0 aromatic rings. The second kappa shape index (κ2) is 11.9. The molecule has 0 radical (unpaired) electrons. The van der Waals surface area contributed by atoms with Crippen LogP contribution in [0.3, 0.4) is 0 Å². The third-order valence-electron chi connectivity index (χ3n) is 2.40. The van der Waals surface area contributed by atoms with Crippen LogP contribution in [0.2, 0.25) is 0 Å². The number of carbonyl (C=O) groups is 2. The second-order valence-corrected chi connectivity index (χ2v) is 5.03. The van der Waals surface area contributed by atoms with Gasteiger partial charge in [0.25, 0.3) is 0 Å². The van der Waals surface area contributed by atoms with Crippen LogP contribution < -0.4 is 0 Å². The number of rotatable bonds is 11.